The molecule has 8 heteroatoms. The van der Waals surface area contributed by atoms with E-state index in [-0.39, 0.29) is 23.1 Å². The highest BCUT2D eigenvalue weighted by Crippen LogP contribution is 2.46. The minimum Gasteiger partial charge on any atom is -0.320 e. The van der Waals surface area contributed by atoms with Gasteiger partial charge in [-0.15, -0.1) is 10.2 Å². The second kappa shape index (κ2) is 6.93. The highest BCUT2D eigenvalue weighted by Gasteiger charge is 2.43. The molecule has 1 saturated carbocycles. The number of alkyl halides is 3. The summed E-state index contributed by atoms with van der Waals surface area (Å²) >= 11 is 0. The maximum Gasteiger partial charge on any atom is 0.416 e. The Bertz CT molecular complexity index is 1160. The lowest BCUT2D eigenvalue weighted by atomic mass is 9.77. The number of rotatable bonds is 3. The number of aryl methyl sites for hydroxylation is 1. The molecule has 2 heterocycles. The minimum atomic E-state index is -4.50. The van der Waals surface area contributed by atoms with Gasteiger partial charge < -0.3 is 9.47 Å². The van der Waals surface area contributed by atoms with Crippen LogP contribution in [-0.4, -0.2) is 20.7 Å². The second-order valence-electron chi connectivity index (χ2n) is 8.33. The van der Waals surface area contributed by atoms with Crippen LogP contribution < -0.4 is 4.90 Å². The fourth-order valence-electron chi connectivity index (χ4n) is 5.11. The van der Waals surface area contributed by atoms with E-state index in [2.05, 4.69) is 10.2 Å². The van der Waals surface area contributed by atoms with Crippen LogP contribution in [0.15, 0.2) is 48.8 Å². The molecule has 1 amide bonds. The molecular weight excluding hydrogens is 405 g/mol. The van der Waals surface area contributed by atoms with Crippen LogP contribution in [0, 0.1) is 0 Å². The Hall–Kier alpha value is -3.16. The Labute approximate surface area is 177 Å². The van der Waals surface area contributed by atoms with Gasteiger partial charge >= 0.3 is 6.18 Å². The number of benzene rings is 2. The topological polar surface area (TPSA) is 51.0 Å². The molecule has 0 bridgehead atoms. The number of fused-ring (bicyclic) bond motifs is 1. The summed E-state index contributed by atoms with van der Waals surface area (Å²) in [6, 6.07) is 11.4. The Kier molecular flexibility index (Phi) is 4.42. The normalized spacial score (nSPS) is 17.9. The molecule has 0 spiro atoms. The van der Waals surface area contributed by atoms with Gasteiger partial charge in [0.15, 0.2) is 0 Å². The zero-order chi connectivity index (χ0) is 21.8. The number of carbonyl (C=O) groups excluding carboxylic acids is 1. The summed E-state index contributed by atoms with van der Waals surface area (Å²) in [5.74, 6) is 0.468. The predicted octanol–water partition coefficient (Wildman–Crippen LogP) is 4.85. The summed E-state index contributed by atoms with van der Waals surface area (Å²) in [5.41, 5.74) is 0.703. The van der Waals surface area contributed by atoms with Crippen LogP contribution in [0.2, 0.25) is 0 Å². The molecule has 0 unspecified atom stereocenters. The molecule has 5 rings (SSSR count). The average molecular weight is 426 g/mol. The van der Waals surface area contributed by atoms with E-state index in [1.807, 2.05) is 29.8 Å². The zero-order valence-electron chi connectivity index (χ0n) is 17.0. The molecule has 1 fully saturated rings. The van der Waals surface area contributed by atoms with Crippen LogP contribution in [0.3, 0.4) is 0 Å². The first-order chi connectivity index (χ1) is 14.8. The molecule has 5 nitrogen and oxygen atoms in total. The Morgan fingerprint density at radius 1 is 1.06 bits per heavy atom. The van der Waals surface area contributed by atoms with Gasteiger partial charge in [0, 0.05) is 18.3 Å². The Morgan fingerprint density at radius 3 is 2.48 bits per heavy atom. The van der Waals surface area contributed by atoms with Gasteiger partial charge in [-0.1, -0.05) is 31.0 Å². The van der Waals surface area contributed by atoms with Crippen LogP contribution in [0.25, 0.3) is 0 Å². The number of aromatic nitrogens is 3. The molecule has 3 aromatic rings. The van der Waals surface area contributed by atoms with E-state index in [0.717, 1.165) is 43.1 Å². The van der Waals surface area contributed by atoms with Crippen molar-refractivity contribution in [3.63, 3.8) is 0 Å². The third kappa shape index (κ3) is 3.04. The van der Waals surface area contributed by atoms with Gasteiger partial charge in [0.25, 0.3) is 5.91 Å². The van der Waals surface area contributed by atoms with E-state index in [1.165, 1.54) is 17.0 Å². The largest absolute Gasteiger partial charge is 0.416 e. The maximum absolute atomic E-state index is 13.5. The van der Waals surface area contributed by atoms with Crippen molar-refractivity contribution in [1.82, 2.24) is 14.8 Å². The van der Waals surface area contributed by atoms with Gasteiger partial charge in [-0.3, -0.25) is 4.79 Å². The average Bonchev–Trinajstić information content (AvgIpc) is 3.47. The Balaban J connectivity index is 1.56. The van der Waals surface area contributed by atoms with Gasteiger partial charge in [-0.25, -0.2) is 0 Å². The first-order valence-corrected chi connectivity index (χ1v) is 10.3. The molecule has 0 atom stereocenters. The van der Waals surface area contributed by atoms with Crippen molar-refractivity contribution in [3.8, 4) is 0 Å². The van der Waals surface area contributed by atoms with Gasteiger partial charge in [0.05, 0.1) is 17.5 Å². The summed E-state index contributed by atoms with van der Waals surface area (Å²) in [6.07, 6.45) is 1.12. The summed E-state index contributed by atoms with van der Waals surface area (Å²) in [6.45, 7) is -0.0930. The molecule has 1 aliphatic heterocycles. The van der Waals surface area contributed by atoms with Crippen molar-refractivity contribution < 1.29 is 18.0 Å². The zero-order valence-corrected chi connectivity index (χ0v) is 17.0. The first-order valence-electron chi connectivity index (χ1n) is 10.3. The van der Waals surface area contributed by atoms with E-state index in [4.69, 9.17) is 0 Å². The molecule has 2 aromatic carbocycles. The summed E-state index contributed by atoms with van der Waals surface area (Å²) in [5, 5.41) is 8.42. The highest BCUT2D eigenvalue weighted by molar-refractivity contribution is 6.10. The van der Waals surface area contributed by atoms with Crippen molar-refractivity contribution in [2.45, 2.75) is 43.8 Å². The molecule has 0 N–H and O–H groups in total. The Morgan fingerprint density at radius 2 is 1.81 bits per heavy atom. The fourth-order valence-corrected chi connectivity index (χ4v) is 5.11. The fraction of sp³-hybridized carbons (Fsp3) is 0.348. The van der Waals surface area contributed by atoms with Crippen LogP contribution in [0.1, 0.15) is 58.6 Å². The van der Waals surface area contributed by atoms with Crippen molar-refractivity contribution >= 4 is 11.6 Å². The van der Waals surface area contributed by atoms with Crippen LogP contribution in [0.4, 0.5) is 18.9 Å². The number of nitrogens with zero attached hydrogens (tertiary/aromatic N) is 4. The molecule has 2 aliphatic rings. The number of hydrogen-bond donors (Lipinski definition) is 0. The second-order valence-corrected chi connectivity index (χ2v) is 8.33. The molecular formula is C23H21F3N4O. The van der Waals surface area contributed by atoms with E-state index >= 15 is 0 Å². The quantitative estimate of drug-likeness (QED) is 0.601. The number of anilines is 1. The standard InChI is InChI=1S/C23H21F3N4O/c1-29-14-27-28-21(29)22(10-2-3-11-22)15-6-4-7-16(12-15)30-13-18-17(20(30)31)8-5-9-19(18)23(24,25)26/h4-9,12,14H,2-3,10-11,13H2,1H3. The molecule has 31 heavy (non-hydrogen) atoms. The van der Waals surface area contributed by atoms with Crippen LogP contribution in [-0.2, 0) is 25.2 Å². The number of amides is 1. The lowest BCUT2D eigenvalue weighted by molar-refractivity contribution is -0.138. The number of hydrogen-bond acceptors (Lipinski definition) is 3. The van der Waals surface area contributed by atoms with Crippen molar-refractivity contribution in [3.05, 3.63) is 76.9 Å². The van der Waals surface area contributed by atoms with Gasteiger partial charge in [-0.05, 0) is 48.2 Å². The molecule has 0 saturated heterocycles. The predicted molar refractivity (Wildman–Crippen MR) is 109 cm³/mol. The summed E-state index contributed by atoms with van der Waals surface area (Å²) in [4.78, 5) is 14.4. The summed E-state index contributed by atoms with van der Waals surface area (Å²) in [7, 11) is 1.92. The maximum atomic E-state index is 13.5. The third-order valence-corrected chi connectivity index (χ3v) is 6.58. The van der Waals surface area contributed by atoms with E-state index in [9.17, 15) is 18.0 Å². The van der Waals surface area contributed by atoms with Gasteiger partial charge in [-0.2, -0.15) is 13.2 Å². The van der Waals surface area contributed by atoms with Crippen LogP contribution >= 0.6 is 0 Å². The molecule has 0 radical (unpaired) electrons. The van der Waals surface area contributed by atoms with Crippen molar-refractivity contribution in [2.24, 2.45) is 7.05 Å². The van der Waals surface area contributed by atoms with Gasteiger partial charge in [0.2, 0.25) is 0 Å². The van der Waals surface area contributed by atoms with E-state index in [1.54, 1.807) is 12.4 Å². The number of carbonyl (C=O) groups is 1. The monoisotopic (exact) mass is 426 g/mol. The van der Waals surface area contributed by atoms with Crippen LogP contribution in [0.5, 0.6) is 0 Å². The minimum absolute atomic E-state index is 0.0364. The lowest BCUT2D eigenvalue weighted by Gasteiger charge is -2.29. The SMILES string of the molecule is Cn1cnnc1C1(c2cccc(N3Cc4c(cccc4C(F)(F)F)C3=O)c2)CCCC1. The smallest absolute Gasteiger partial charge is 0.320 e. The summed E-state index contributed by atoms with van der Waals surface area (Å²) < 4.78 is 42.3. The van der Waals surface area contributed by atoms with E-state index in [0.29, 0.717) is 5.69 Å². The van der Waals surface area contributed by atoms with Crippen molar-refractivity contribution in [2.75, 3.05) is 4.90 Å². The highest BCUT2D eigenvalue weighted by atomic mass is 19.4. The molecule has 160 valence electrons. The first kappa shape index (κ1) is 19.8. The third-order valence-electron chi connectivity index (χ3n) is 6.58. The lowest BCUT2D eigenvalue weighted by Crippen LogP contribution is -2.29. The van der Waals surface area contributed by atoms with Crippen molar-refractivity contribution in [1.29, 1.82) is 0 Å². The van der Waals surface area contributed by atoms with E-state index < -0.39 is 17.6 Å². The molecule has 1 aromatic heterocycles. The number of halogens is 3. The molecule has 1 aliphatic carbocycles. The van der Waals surface area contributed by atoms with Gasteiger partial charge in [0.1, 0.15) is 12.2 Å².